The quantitative estimate of drug-likeness (QED) is 0.0822. The highest BCUT2D eigenvalue weighted by molar-refractivity contribution is 6.32. The maximum atomic E-state index is 11.2. The molecule has 0 fully saturated rings. The van der Waals surface area contributed by atoms with Gasteiger partial charge in [-0.2, -0.15) is 0 Å². The van der Waals surface area contributed by atoms with Crippen LogP contribution in [0.15, 0.2) is 130 Å². The zero-order valence-corrected chi connectivity index (χ0v) is 34.7. The van der Waals surface area contributed by atoms with Crippen molar-refractivity contribution in [2.24, 2.45) is 4.99 Å². The normalized spacial score (nSPS) is 17.4. The molecule has 6 rings (SSSR count). The first kappa shape index (κ1) is 41.7. The van der Waals surface area contributed by atoms with E-state index in [1.54, 1.807) is 0 Å². The minimum absolute atomic E-state index is 0.186. The van der Waals surface area contributed by atoms with Crippen LogP contribution in [0.5, 0.6) is 0 Å². The molecule has 0 radical (unpaired) electrons. The number of nitrogens with zero attached hydrogens (tertiary/aromatic N) is 2. The van der Waals surface area contributed by atoms with Gasteiger partial charge < -0.3 is 15.1 Å². The molecule has 0 amide bonds. The standard InChI is InChI=1S/C50H57ClN2O4/c1-49(2,41-24-16-19-35-17-9-11-22-39(35)41)43(52-33-13-5-7-25-45(54)55)31-28-37-20-15-21-38(48(37)51)29-32-44-50(3,4)47-40-23-12-10-18-36(40)27-30-42(47)53(44)34-14-6-8-26-46(56)57/h9-12,16-19,22-24,27-32H,5-8,13-15,20-21,25-26,33-34H2,1-4H3,(H,54,55)(H,56,57)/b31-28+,38-29+,44-32+,52-43?. The summed E-state index contributed by atoms with van der Waals surface area (Å²) in [7, 11) is 0. The molecular formula is C50H57ClN2O4. The van der Waals surface area contributed by atoms with E-state index in [9.17, 15) is 14.7 Å². The average molecular weight is 785 g/mol. The second kappa shape index (κ2) is 18.5. The number of anilines is 1. The second-order valence-corrected chi connectivity index (χ2v) is 16.9. The molecule has 4 aromatic rings. The van der Waals surface area contributed by atoms with Gasteiger partial charge in [0.25, 0.3) is 0 Å². The number of fused-ring (bicyclic) bond motifs is 4. The van der Waals surface area contributed by atoms with Gasteiger partial charge in [0, 0.05) is 58.9 Å². The van der Waals surface area contributed by atoms with E-state index in [0.717, 1.165) is 73.4 Å². The van der Waals surface area contributed by atoms with Gasteiger partial charge in [-0.1, -0.05) is 137 Å². The summed E-state index contributed by atoms with van der Waals surface area (Å²) in [6.07, 6.45) is 16.7. The van der Waals surface area contributed by atoms with Crippen molar-refractivity contribution in [2.45, 2.75) is 109 Å². The molecule has 7 heteroatoms. The Labute approximate surface area is 343 Å². The second-order valence-electron chi connectivity index (χ2n) is 16.6. The van der Waals surface area contributed by atoms with Crippen molar-refractivity contribution in [3.8, 4) is 0 Å². The Morgan fingerprint density at radius 3 is 2.16 bits per heavy atom. The van der Waals surface area contributed by atoms with Crippen LogP contribution in [-0.4, -0.2) is 41.0 Å². The van der Waals surface area contributed by atoms with Gasteiger partial charge in [-0.3, -0.25) is 14.6 Å². The predicted molar refractivity (Wildman–Crippen MR) is 238 cm³/mol. The van der Waals surface area contributed by atoms with E-state index < -0.39 is 17.4 Å². The Kier molecular flexibility index (Phi) is 13.6. The minimum atomic E-state index is -0.755. The van der Waals surface area contributed by atoms with Crippen LogP contribution in [0, 0.1) is 0 Å². The van der Waals surface area contributed by atoms with E-state index >= 15 is 0 Å². The monoisotopic (exact) mass is 784 g/mol. The van der Waals surface area contributed by atoms with Crippen LogP contribution in [-0.2, 0) is 20.4 Å². The van der Waals surface area contributed by atoms with E-state index in [1.165, 1.54) is 44.1 Å². The van der Waals surface area contributed by atoms with Gasteiger partial charge in [0.2, 0.25) is 0 Å². The van der Waals surface area contributed by atoms with E-state index in [1.807, 2.05) is 0 Å². The maximum Gasteiger partial charge on any atom is 0.303 e. The summed E-state index contributed by atoms with van der Waals surface area (Å²) < 4.78 is 0. The summed E-state index contributed by atoms with van der Waals surface area (Å²) in [6, 6.07) is 28.0. The van der Waals surface area contributed by atoms with Crippen LogP contribution in [0.3, 0.4) is 0 Å². The summed E-state index contributed by atoms with van der Waals surface area (Å²) >= 11 is 7.31. The predicted octanol–water partition coefficient (Wildman–Crippen LogP) is 12.8. The fourth-order valence-electron chi connectivity index (χ4n) is 8.70. The molecule has 4 aromatic carbocycles. The first-order valence-electron chi connectivity index (χ1n) is 20.6. The van der Waals surface area contributed by atoms with Gasteiger partial charge in [-0.15, -0.1) is 0 Å². The van der Waals surface area contributed by atoms with Crippen molar-refractivity contribution in [3.05, 3.63) is 136 Å². The minimum Gasteiger partial charge on any atom is -0.481 e. The lowest BCUT2D eigenvalue weighted by molar-refractivity contribution is -0.138. The van der Waals surface area contributed by atoms with Gasteiger partial charge in [0.1, 0.15) is 0 Å². The highest BCUT2D eigenvalue weighted by atomic mass is 35.5. The Hall–Kier alpha value is -4.94. The first-order chi connectivity index (χ1) is 27.4. The Bertz CT molecular complexity index is 2270. The van der Waals surface area contributed by atoms with E-state index in [2.05, 4.69) is 136 Å². The molecule has 57 heavy (non-hydrogen) atoms. The molecule has 2 aliphatic rings. The molecule has 1 heterocycles. The molecule has 298 valence electrons. The van der Waals surface area contributed by atoms with E-state index in [-0.39, 0.29) is 18.3 Å². The third kappa shape index (κ3) is 9.61. The fourth-order valence-corrected chi connectivity index (χ4v) is 9.01. The van der Waals surface area contributed by atoms with Crippen molar-refractivity contribution < 1.29 is 19.8 Å². The molecule has 1 aliphatic carbocycles. The topological polar surface area (TPSA) is 90.2 Å². The lowest BCUT2D eigenvalue weighted by Gasteiger charge is -2.28. The van der Waals surface area contributed by atoms with Crippen LogP contribution in [0.25, 0.3) is 21.5 Å². The number of benzene rings is 4. The van der Waals surface area contributed by atoms with Gasteiger partial charge >= 0.3 is 11.9 Å². The molecule has 0 bridgehead atoms. The van der Waals surface area contributed by atoms with Crippen LogP contribution in [0.2, 0.25) is 0 Å². The molecule has 2 N–H and O–H groups in total. The van der Waals surface area contributed by atoms with Crippen molar-refractivity contribution in [3.63, 3.8) is 0 Å². The number of carboxylic acids is 2. The number of carboxylic acid groups (broad SMARTS) is 2. The number of hydrogen-bond donors (Lipinski definition) is 2. The molecule has 0 saturated carbocycles. The number of aliphatic imine (C=N–C) groups is 1. The van der Waals surface area contributed by atoms with Crippen LogP contribution < -0.4 is 4.90 Å². The highest BCUT2D eigenvalue weighted by Gasteiger charge is 2.41. The number of hydrogen-bond acceptors (Lipinski definition) is 4. The summed E-state index contributed by atoms with van der Waals surface area (Å²) in [5, 5.41) is 24.0. The smallest absolute Gasteiger partial charge is 0.303 e. The fraction of sp³-hybridized carbons (Fsp3) is 0.380. The molecule has 0 saturated heterocycles. The molecule has 0 unspecified atom stereocenters. The lowest BCUT2D eigenvalue weighted by atomic mass is 9.77. The molecule has 0 aromatic heterocycles. The lowest BCUT2D eigenvalue weighted by Crippen LogP contribution is -2.28. The van der Waals surface area contributed by atoms with Gasteiger partial charge in [0.15, 0.2) is 0 Å². The molecule has 0 spiro atoms. The summed E-state index contributed by atoms with van der Waals surface area (Å²) in [5.74, 6) is -1.50. The number of halogens is 1. The van der Waals surface area contributed by atoms with E-state index in [0.29, 0.717) is 19.4 Å². The highest BCUT2D eigenvalue weighted by Crippen LogP contribution is 2.51. The zero-order chi connectivity index (χ0) is 40.6. The molecule has 6 nitrogen and oxygen atoms in total. The Morgan fingerprint density at radius 1 is 0.789 bits per heavy atom. The Morgan fingerprint density at radius 2 is 1.44 bits per heavy atom. The summed E-state index contributed by atoms with van der Waals surface area (Å²) in [6.45, 7) is 10.5. The van der Waals surface area contributed by atoms with Crippen molar-refractivity contribution in [1.29, 1.82) is 0 Å². The van der Waals surface area contributed by atoms with Crippen molar-refractivity contribution in [1.82, 2.24) is 0 Å². The van der Waals surface area contributed by atoms with Gasteiger partial charge in [-0.25, -0.2) is 0 Å². The largest absolute Gasteiger partial charge is 0.481 e. The van der Waals surface area contributed by atoms with Crippen LogP contribution in [0.1, 0.15) is 109 Å². The SMILES string of the molecule is CC(C)(C(/C=C/C1=C(Cl)C(=C/C=C2/N(CCCCCC(=O)O)c3ccc4ccccc4c3C2(C)C)/CCC1)=NCCCCCC(=O)O)c1cccc2ccccc12. The third-order valence-corrected chi connectivity index (χ3v) is 12.3. The first-order valence-corrected chi connectivity index (χ1v) is 21.0. The van der Waals surface area contributed by atoms with Crippen molar-refractivity contribution in [2.75, 3.05) is 18.0 Å². The number of rotatable bonds is 17. The van der Waals surface area contributed by atoms with E-state index in [4.69, 9.17) is 21.7 Å². The maximum absolute atomic E-state index is 11.2. The number of aliphatic carboxylic acids is 2. The van der Waals surface area contributed by atoms with Crippen LogP contribution >= 0.6 is 11.6 Å². The molecular weight excluding hydrogens is 728 g/mol. The number of allylic oxidation sites excluding steroid dienone is 8. The molecule has 1 aliphatic heterocycles. The van der Waals surface area contributed by atoms with Gasteiger partial charge in [0.05, 0.1) is 0 Å². The van der Waals surface area contributed by atoms with Crippen molar-refractivity contribution >= 4 is 56.5 Å². The third-order valence-electron chi connectivity index (χ3n) is 11.8. The number of carbonyl (C=O) groups is 2. The van der Waals surface area contributed by atoms with Crippen LogP contribution in [0.4, 0.5) is 5.69 Å². The zero-order valence-electron chi connectivity index (χ0n) is 34.0. The molecule has 0 atom stereocenters. The Balaban J connectivity index is 1.32. The van der Waals surface area contributed by atoms with Gasteiger partial charge in [-0.05, 0) is 107 Å². The summed E-state index contributed by atoms with van der Waals surface area (Å²) in [4.78, 5) is 29.9. The average Bonchev–Trinajstić information content (AvgIpc) is 3.41. The summed E-state index contributed by atoms with van der Waals surface area (Å²) in [5.41, 5.74) is 7.53. The number of unbranched alkanes of at least 4 members (excludes halogenated alkanes) is 4.